The van der Waals surface area contributed by atoms with Gasteiger partial charge in [-0.3, -0.25) is 0 Å². The number of carbonyl (C=O) groups excluding carboxylic acids is 1. The Hall–Kier alpha value is -1.30. The third-order valence-electron chi connectivity index (χ3n) is 2.19. The SMILES string of the molecule is CC(C)CC(NC(=O)N(C)CC(C)O)C(=O)O. The number of nitrogens with zero attached hydrogens (tertiary/aromatic N) is 1. The molecule has 0 saturated heterocycles. The van der Waals surface area contributed by atoms with Crippen LogP contribution >= 0.6 is 0 Å². The van der Waals surface area contributed by atoms with Gasteiger partial charge >= 0.3 is 12.0 Å². The number of carboxylic acids is 1. The van der Waals surface area contributed by atoms with Crippen molar-refractivity contribution < 1.29 is 19.8 Å². The molecule has 0 radical (unpaired) electrons. The number of urea groups is 1. The number of nitrogens with one attached hydrogen (secondary N) is 1. The molecule has 0 fully saturated rings. The van der Waals surface area contributed by atoms with Crippen molar-refractivity contribution in [3.05, 3.63) is 0 Å². The fourth-order valence-corrected chi connectivity index (χ4v) is 1.43. The van der Waals surface area contributed by atoms with Gasteiger partial charge in [-0.05, 0) is 19.3 Å². The molecule has 100 valence electrons. The van der Waals surface area contributed by atoms with E-state index in [2.05, 4.69) is 5.32 Å². The van der Waals surface area contributed by atoms with Crippen molar-refractivity contribution in [1.82, 2.24) is 10.2 Å². The first-order chi connectivity index (χ1) is 7.73. The van der Waals surface area contributed by atoms with Gasteiger partial charge in [0.05, 0.1) is 6.10 Å². The zero-order chi connectivity index (χ0) is 13.6. The summed E-state index contributed by atoms with van der Waals surface area (Å²) < 4.78 is 0. The van der Waals surface area contributed by atoms with Crippen LogP contribution in [-0.4, -0.2) is 52.9 Å². The second-order valence-corrected chi connectivity index (χ2v) is 4.70. The van der Waals surface area contributed by atoms with Crippen molar-refractivity contribution in [2.24, 2.45) is 5.92 Å². The topological polar surface area (TPSA) is 89.9 Å². The third kappa shape index (κ3) is 6.78. The molecule has 2 atom stereocenters. The monoisotopic (exact) mass is 246 g/mol. The summed E-state index contributed by atoms with van der Waals surface area (Å²) in [5.41, 5.74) is 0. The van der Waals surface area contributed by atoms with Gasteiger partial charge in [-0.1, -0.05) is 13.8 Å². The maximum atomic E-state index is 11.6. The van der Waals surface area contributed by atoms with E-state index in [4.69, 9.17) is 10.2 Å². The highest BCUT2D eigenvalue weighted by Gasteiger charge is 2.22. The van der Waals surface area contributed by atoms with Gasteiger partial charge in [0.2, 0.25) is 0 Å². The summed E-state index contributed by atoms with van der Waals surface area (Å²) in [6.45, 7) is 5.51. The normalized spacial score (nSPS) is 14.2. The van der Waals surface area contributed by atoms with Gasteiger partial charge in [0, 0.05) is 13.6 Å². The second-order valence-electron chi connectivity index (χ2n) is 4.70. The molecule has 2 unspecified atom stereocenters. The van der Waals surface area contributed by atoms with E-state index in [0.717, 1.165) is 0 Å². The van der Waals surface area contributed by atoms with E-state index in [1.165, 1.54) is 11.9 Å². The summed E-state index contributed by atoms with van der Waals surface area (Å²) >= 11 is 0. The van der Waals surface area contributed by atoms with Gasteiger partial charge in [0.25, 0.3) is 0 Å². The Morgan fingerprint density at radius 1 is 1.29 bits per heavy atom. The Bertz CT molecular complexity index is 266. The van der Waals surface area contributed by atoms with E-state index >= 15 is 0 Å². The van der Waals surface area contributed by atoms with Gasteiger partial charge < -0.3 is 20.4 Å². The number of amides is 2. The smallest absolute Gasteiger partial charge is 0.326 e. The molecule has 0 heterocycles. The number of aliphatic hydroxyl groups excluding tert-OH is 1. The Kier molecular flexibility index (Phi) is 6.57. The van der Waals surface area contributed by atoms with Crippen LogP contribution in [0, 0.1) is 5.92 Å². The molecule has 2 amide bonds. The predicted molar refractivity (Wildman–Crippen MR) is 63.7 cm³/mol. The molecule has 3 N–H and O–H groups in total. The number of aliphatic hydroxyl groups is 1. The van der Waals surface area contributed by atoms with Crippen LogP contribution in [0.4, 0.5) is 4.79 Å². The Balaban J connectivity index is 4.35. The van der Waals surface area contributed by atoms with Crippen LogP contribution in [0.2, 0.25) is 0 Å². The Morgan fingerprint density at radius 3 is 2.18 bits per heavy atom. The maximum absolute atomic E-state index is 11.6. The number of likely N-dealkylation sites (N-methyl/N-ethyl adjacent to an activating group) is 1. The van der Waals surface area contributed by atoms with Crippen LogP contribution in [-0.2, 0) is 4.79 Å². The van der Waals surface area contributed by atoms with Crippen LogP contribution in [0.1, 0.15) is 27.2 Å². The molecule has 0 aliphatic rings. The lowest BCUT2D eigenvalue weighted by Crippen LogP contribution is -2.48. The molecule has 6 heteroatoms. The van der Waals surface area contributed by atoms with Crippen molar-refractivity contribution in [3.8, 4) is 0 Å². The summed E-state index contributed by atoms with van der Waals surface area (Å²) in [6.07, 6.45) is -0.261. The largest absolute Gasteiger partial charge is 0.480 e. The van der Waals surface area contributed by atoms with Crippen LogP contribution in [0.5, 0.6) is 0 Å². The minimum Gasteiger partial charge on any atom is -0.480 e. The van der Waals surface area contributed by atoms with Crippen LogP contribution < -0.4 is 5.32 Å². The molecule has 0 aromatic heterocycles. The van der Waals surface area contributed by atoms with Crippen molar-refractivity contribution in [2.75, 3.05) is 13.6 Å². The summed E-state index contributed by atoms with van der Waals surface area (Å²) in [7, 11) is 1.51. The highest BCUT2D eigenvalue weighted by Crippen LogP contribution is 2.05. The molecule has 0 aliphatic heterocycles. The zero-order valence-corrected chi connectivity index (χ0v) is 10.8. The number of hydrogen-bond acceptors (Lipinski definition) is 3. The molecule has 0 aliphatic carbocycles. The molecule has 0 bridgehead atoms. The first kappa shape index (κ1) is 15.7. The fourth-order valence-electron chi connectivity index (χ4n) is 1.43. The third-order valence-corrected chi connectivity index (χ3v) is 2.19. The van der Waals surface area contributed by atoms with Crippen molar-refractivity contribution in [2.45, 2.75) is 39.3 Å². The zero-order valence-electron chi connectivity index (χ0n) is 10.8. The van der Waals surface area contributed by atoms with E-state index in [9.17, 15) is 9.59 Å². The molecule has 0 spiro atoms. The lowest BCUT2D eigenvalue weighted by molar-refractivity contribution is -0.139. The van der Waals surface area contributed by atoms with Crippen molar-refractivity contribution in [1.29, 1.82) is 0 Å². The van der Waals surface area contributed by atoms with E-state index < -0.39 is 24.1 Å². The Labute approximate surface area is 102 Å². The summed E-state index contributed by atoms with van der Waals surface area (Å²) in [4.78, 5) is 23.8. The quantitative estimate of drug-likeness (QED) is 0.637. The molecule has 17 heavy (non-hydrogen) atoms. The minimum atomic E-state index is -1.04. The molecule has 0 saturated carbocycles. The fraction of sp³-hybridized carbons (Fsp3) is 0.818. The highest BCUT2D eigenvalue weighted by molar-refractivity contribution is 5.82. The number of carbonyl (C=O) groups is 2. The first-order valence-electron chi connectivity index (χ1n) is 5.66. The number of aliphatic carboxylic acids is 1. The summed E-state index contributed by atoms with van der Waals surface area (Å²) in [6, 6.07) is -1.38. The standard InChI is InChI=1S/C11H22N2O4/c1-7(2)5-9(10(15)16)12-11(17)13(4)6-8(3)14/h7-9,14H,5-6H2,1-4H3,(H,12,17)(H,15,16). The molecule has 0 rings (SSSR count). The van der Waals surface area contributed by atoms with Gasteiger partial charge in [0.15, 0.2) is 0 Å². The molecule has 0 aromatic carbocycles. The van der Waals surface area contributed by atoms with Crippen molar-refractivity contribution in [3.63, 3.8) is 0 Å². The molecule has 6 nitrogen and oxygen atoms in total. The van der Waals surface area contributed by atoms with Gasteiger partial charge in [0.1, 0.15) is 6.04 Å². The average molecular weight is 246 g/mol. The van der Waals surface area contributed by atoms with Crippen LogP contribution in [0.15, 0.2) is 0 Å². The maximum Gasteiger partial charge on any atom is 0.326 e. The van der Waals surface area contributed by atoms with Gasteiger partial charge in [-0.25, -0.2) is 9.59 Å². The van der Waals surface area contributed by atoms with E-state index in [0.29, 0.717) is 6.42 Å². The van der Waals surface area contributed by atoms with Gasteiger partial charge in [-0.15, -0.1) is 0 Å². The molecular formula is C11H22N2O4. The second kappa shape index (κ2) is 7.11. The molecular weight excluding hydrogens is 224 g/mol. The lowest BCUT2D eigenvalue weighted by atomic mass is 10.0. The summed E-state index contributed by atoms with van der Waals surface area (Å²) in [5.74, 6) is -0.865. The van der Waals surface area contributed by atoms with E-state index in [-0.39, 0.29) is 12.5 Å². The first-order valence-corrected chi connectivity index (χ1v) is 5.66. The van der Waals surface area contributed by atoms with Crippen molar-refractivity contribution >= 4 is 12.0 Å². The summed E-state index contributed by atoms with van der Waals surface area (Å²) in [5, 5.41) is 20.5. The highest BCUT2D eigenvalue weighted by atomic mass is 16.4. The predicted octanol–water partition coefficient (Wildman–Crippen LogP) is 0.508. The minimum absolute atomic E-state index is 0.167. The van der Waals surface area contributed by atoms with E-state index in [1.54, 1.807) is 6.92 Å². The average Bonchev–Trinajstić information content (AvgIpc) is 2.14. The van der Waals surface area contributed by atoms with Crippen LogP contribution in [0.25, 0.3) is 0 Å². The number of hydrogen-bond donors (Lipinski definition) is 3. The van der Waals surface area contributed by atoms with Gasteiger partial charge in [-0.2, -0.15) is 0 Å². The molecule has 0 aromatic rings. The number of carboxylic acid groups (broad SMARTS) is 1. The Morgan fingerprint density at radius 2 is 1.82 bits per heavy atom. The van der Waals surface area contributed by atoms with Crippen LogP contribution in [0.3, 0.4) is 0 Å². The number of rotatable bonds is 6. The van der Waals surface area contributed by atoms with E-state index in [1.807, 2.05) is 13.8 Å². The lowest BCUT2D eigenvalue weighted by Gasteiger charge is -2.23.